The number of esters is 1. The lowest BCUT2D eigenvalue weighted by molar-refractivity contribution is -0.176. The number of thioether (sulfide) groups is 1. The molecule has 194 valence electrons. The third-order valence-electron chi connectivity index (χ3n) is 7.07. The monoisotopic (exact) mass is 506 g/mol. The van der Waals surface area contributed by atoms with Crippen LogP contribution >= 0.6 is 11.8 Å². The van der Waals surface area contributed by atoms with Crippen molar-refractivity contribution in [3.8, 4) is 5.75 Å². The maximum absolute atomic E-state index is 13.6. The van der Waals surface area contributed by atoms with Gasteiger partial charge in [-0.25, -0.2) is 9.59 Å². The van der Waals surface area contributed by atoms with Crippen LogP contribution in [-0.4, -0.2) is 68.1 Å². The van der Waals surface area contributed by atoms with Gasteiger partial charge in [0.25, 0.3) is 0 Å². The fourth-order valence-electron chi connectivity index (χ4n) is 5.39. The summed E-state index contributed by atoms with van der Waals surface area (Å²) in [5, 5.41) is 10.2. The van der Waals surface area contributed by atoms with Crippen molar-refractivity contribution in [2.24, 2.45) is 5.92 Å². The number of aromatic nitrogens is 1. The number of pyridine rings is 1. The SMILES string of the molecule is CSC[C@H](N(C(=O)O)C(C)(C)C)[C@@]1(Cc2nccc3c2CC(CCC2CC2)O3)OC(C)(C)OC1=O. The number of carbonyl (C=O) groups is 2. The standard InChI is InChI=1S/C26H38N2O6S/c1-24(2,3)28(23(30)31)21(15-35-6)26(22(29)33-25(4,5)34-26)14-19-18-13-17(10-9-16-7-8-16)32-20(18)11-12-27-19/h11-12,16-17,21H,7-10,13-15H2,1-6H3,(H,30,31)/t17?,21-,26+/m0/s1. The van der Waals surface area contributed by atoms with E-state index in [2.05, 4.69) is 4.98 Å². The molecule has 1 N–H and O–H groups in total. The Labute approximate surface area is 212 Å². The molecule has 3 aliphatic rings. The normalized spacial score (nSPS) is 26.1. The number of carbonyl (C=O) groups excluding carboxylic acids is 1. The van der Waals surface area contributed by atoms with Crippen molar-refractivity contribution in [1.82, 2.24) is 9.88 Å². The Morgan fingerprint density at radius 3 is 2.57 bits per heavy atom. The molecule has 0 radical (unpaired) electrons. The predicted octanol–water partition coefficient (Wildman–Crippen LogP) is 4.68. The first-order valence-electron chi connectivity index (χ1n) is 12.4. The number of fused-ring (bicyclic) bond motifs is 1. The lowest BCUT2D eigenvalue weighted by Gasteiger charge is -2.45. The van der Waals surface area contributed by atoms with Crippen LogP contribution in [0.3, 0.4) is 0 Å². The summed E-state index contributed by atoms with van der Waals surface area (Å²) in [6.07, 6.45) is 8.23. The molecule has 0 bridgehead atoms. The van der Waals surface area contributed by atoms with Gasteiger partial charge in [-0.1, -0.05) is 12.8 Å². The largest absolute Gasteiger partial charge is 0.490 e. The highest BCUT2D eigenvalue weighted by atomic mass is 32.2. The summed E-state index contributed by atoms with van der Waals surface area (Å²) in [5.74, 6) is 0.254. The summed E-state index contributed by atoms with van der Waals surface area (Å²) in [6.45, 7) is 8.84. The molecule has 1 aromatic rings. The Kier molecular flexibility index (Phi) is 7.05. The molecule has 35 heavy (non-hydrogen) atoms. The molecule has 1 aliphatic carbocycles. The molecular formula is C26H38N2O6S. The number of hydrogen-bond acceptors (Lipinski definition) is 7. The van der Waals surface area contributed by atoms with Crippen LogP contribution in [0.1, 0.15) is 71.6 Å². The fraction of sp³-hybridized carbons (Fsp3) is 0.731. The second-order valence-electron chi connectivity index (χ2n) is 11.5. The van der Waals surface area contributed by atoms with Crippen LogP contribution in [0.4, 0.5) is 4.79 Å². The van der Waals surface area contributed by atoms with Crippen LogP contribution in [0.5, 0.6) is 5.75 Å². The smallest absolute Gasteiger partial charge is 0.408 e. The average Bonchev–Trinajstić information content (AvgIpc) is 3.41. The maximum atomic E-state index is 13.6. The van der Waals surface area contributed by atoms with Crippen molar-refractivity contribution in [3.05, 3.63) is 23.5 Å². The van der Waals surface area contributed by atoms with Gasteiger partial charge in [-0.05, 0) is 51.9 Å². The van der Waals surface area contributed by atoms with Gasteiger partial charge in [0.15, 0.2) is 5.60 Å². The number of ether oxygens (including phenoxy) is 3. The van der Waals surface area contributed by atoms with E-state index in [4.69, 9.17) is 14.2 Å². The molecule has 2 fully saturated rings. The number of amides is 1. The quantitative estimate of drug-likeness (QED) is 0.482. The molecule has 1 saturated carbocycles. The molecule has 1 aromatic heterocycles. The van der Waals surface area contributed by atoms with E-state index in [1.54, 1.807) is 20.0 Å². The van der Waals surface area contributed by atoms with Gasteiger partial charge in [0.05, 0.1) is 11.7 Å². The number of hydrogen-bond donors (Lipinski definition) is 1. The van der Waals surface area contributed by atoms with E-state index >= 15 is 0 Å². The van der Waals surface area contributed by atoms with Crippen molar-refractivity contribution in [1.29, 1.82) is 0 Å². The maximum Gasteiger partial charge on any atom is 0.408 e. The first kappa shape index (κ1) is 26.1. The van der Waals surface area contributed by atoms with Crippen molar-refractivity contribution in [3.63, 3.8) is 0 Å². The zero-order chi connectivity index (χ0) is 25.6. The topological polar surface area (TPSA) is 98.2 Å². The van der Waals surface area contributed by atoms with E-state index in [0.717, 1.165) is 30.1 Å². The van der Waals surface area contributed by atoms with Crippen LogP contribution < -0.4 is 4.74 Å². The lowest BCUT2D eigenvalue weighted by atomic mass is 9.85. The zero-order valence-electron chi connectivity index (χ0n) is 21.6. The molecular weight excluding hydrogens is 468 g/mol. The molecule has 1 amide bonds. The van der Waals surface area contributed by atoms with Crippen LogP contribution in [-0.2, 0) is 27.1 Å². The van der Waals surface area contributed by atoms with Crippen LogP contribution in [0.2, 0.25) is 0 Å². The molecule has 1 unspecified atom stereocenters. The van der Waals surface area contributed by atoms with Gasteiger partial charge in [-0.15, -0.1) is 0 Å². The minimum absolute atomic E-state index is 0.101. The number of cyclic esters (lactones) is 1. The second kappa shape index (κ2) is 9.47. The summed E-state index contributed by atoms with van der Waals surface area (Å²) in [4.78, 5) is 32.1. The molecule has 8 nitrogen and oxygen atoms in total. The Bertz CT molecular complexity index is 973. The molecule has 9 heteroatoms. The molecule has 4 rings (SSSR count). The van der Waals surface area contributed by atoms with E-state index in [9.17, 15) is 14.7 Å². The highest BCUT2D eigenvalue weighted by Crippen LogP contribution is 2.44. The van der Waals surface area contributed by atoms with E-state index in [1.165, 1.54) is 35.9 Å². The fourth-order valence-corrected chi connectivity index (χ4v) is 6.12. The van der Waals surface area contributed by atoms with Gasteiger partial charge in [0.2, 0.25) is 5.79 Å². The van der Waals surface area contributed by atoms with Crippen molar-refractivity contribution >= 4 is 23.8 Å². The van der Waals surface area contributed by atoms with Crippen LogP contribution in [0.25, 0.3) is 0 Å². The highest BCUT2D eigenvalue weighted by molar-refractivity contribution is 7.98. The Morgan fingerprint density at radius 1 is 1.31 bits per heavy atom. The zero-order valence-corrected chi connectivity index (χ0v) is 22.4. The van der Waals surface area contributed by atoms with Gasteiger partial charge in [0.1, 0.15) is 11.9 Å². The van der Waals surface area contributed by atoms with Crippen LogP contribution in [0, 0.1) is 5.92 Å². The van der Waals surface area contributed by atoms with Crippen molar-refractivity contribution in [2.75, 3.05) is 12.0 Å². The second-order valence-corrected chi connectivity index (χ2v) is 12.4. The summed E-state index contributed by atoms with van der Waals surface area (Å²) < 4.78 is 18.3. The van der Waals surface area contributed by atoms with Gasteiger partial charge < -0.3 is 19.3 Å². The Balaban J connectivity index is 1.72. The van der Waals surface area contributed by atoms with Crippen LogP contribution in [0.15, 0.2) is 12.3 Å². The molecule has 3 atom stereocenters. The van der Waals surface area contributed by atoms with Gasteiger partial charge >= 0.3 is 12.1 Å². The molecule has 0 aromatic carbocycles. The summed E-state index contributed by atoms with van der Waals surface area (Å²) >= 11 is 1.47. The third kappa shape index (κ3) is 5.40. The Morgan fingerprint density at radius 2 is 2.03 bits per heavy atom. The number of carboxylic acid groups (broad SMARTS) is 1. The van der Waals surface area contributed by atoms with E-state index < -0.39 is 35.0 Å². The molecule has 1 saturated heterocycles. The van der Waals surface area contributed by atoms with Crippen molar-refractivity contribution in [2.45, 2.75) is 102 Å². The van der Waals surface area contributed by atoms with E-state index in [-0.39, 0.29) is 12.5 Å². The lowest BCUT2D eigenvalue weighted by Crippen LogP contribution is -2.65. The minimum Gasteiger partial charge on any atom is -0.490 e. The van der Waals surface area contributed by atoms with Crippen molar-refractivity contribution < 1.29 is 28.9 Å². The number of nitrogens with zero attached hydrogens (tertiary/aromatic N) is 2. The van der Waals surface area contributed by atoms with Gasteiger partial charge in [0, 0.05) is 49.7 Å². The molecule has 0 spiro atoms. The summed E-state index contributed by atoms with van der Waals surface area (Å²) in [6, 6.07) is 1.09. The van der Waals surface area contributed by atoms with E-state index in [0.29, 0.717) is 11.4 Å². The first-order chi connectivity index (χ1) is 16.4. The molecule has 3 heterocycles. The van der Waals surface area contributed by atoms with Gasteiger partial charge in [-0.2, -0.15) is 11.8 Å². The highest BCUT2D eigenvalue weighted by Gasteiger charge is 2.62. The predicted molar refractivity (Wildman–Crippen MR) is 134 cm³/mol. The molecule has 2 aliphatic heterocycles. The van der Waals surface area contributed by atoms with Gasteiger partial charge in [-0.3, -0.25) is 9.88 Å². The third-order valence-corrected chi connectivity index (χ3v) is 7.72. The minimum atomic E-state index is -1.54. The summed E-state index contributed by atoms with van der Waals surface area (Å²) in [7, 11) is 0. The average molecular weight is 507 g/mol. The van der Waals surface area contributed by atoms with E-state index in [1.807, 2.05) is 33.1 Å². The number of rotatable bonds is 9. The first-order valence-corrected chi connectivity index (χ1v) is 13.8. The Hall–Kier alpha value is -2.00. The summed E-state index contributed by atoms with van der Waals surface area (Å²) in [5.41, 5.74) is -0.615.